The van der Waals surface area contributed by atoms with Crippen molar-refractivity contribution in [1.82, 2.24) is 0 Å². The Morgan fingerprint density at radius 1 is 0.733 bits per heavy atom. The lowest BCUT2D eigenvalue weighted by atomic mass is 9.78. The fraction of sp³-hybridized carbons (Fsp3) is 0.500. The molecule has 0 N–H and O–H groups in total. The quantitative estimate of drug-likeness (QED) is 0.219. The monoisotopic (exact) mass is 402 g/mol. The second-order valence-electron chi connectivity index (χ2n) is 8.83. The van der Waals surface area contributed by atoms with Gasteiger partial charge in [-0.25, -0.2) is 0 Å². The zero-order chi connectivity index (χ0) is 21.0. The van der Waals surface area contributed by atoms with Gasteiger partial charge in [0.25, 0.3) is 0 Å². The minimum atomic E-state index is 0.742. The van der Waals surface area contributed by atoms with E-state index in [4.69, 9.17) is 0 Å². The van der Waals surface area contributed by atoms with Crippen molar-refractivity contribution in [2.45, 2.75) is 84.0 Å². The lowest BCUT2D eigenvalue weighted by molar-refractivity contribution is 0.319. The molecular weight excluding hydrogens is 364 g/mol. The molecule has 1 fully saturated rings. The van der Waals surface area contributed by atoms with Gasteiger partial charge < -0.3 is 0 Å². The van der Waals surface area contributed by atoms with Gasteiger partial charge in [0.05, 0.1) is 12.4 Å². The van der Waals surface area contributed by atoms with Crippen molar-refractivity contribution in [3.8, 4) is 0 Å². The highest BCUT2D eigenvalue weighted by molar-refractivity contribution is 5.82. The maximum Gasteiger partial charge on any atom is 0.0568 e. The maximum atomic E-state index is 4.24. The third-order valence-corrected chi connectivity index (χ3v) is 6.61. The molecule has 0 heterocycles. The molecule has 3 rings (SSSR count). The van der Waals surface area contributed by atoms with Crippen molar-refractivity contribution in [2.24, 2.45) is 16.1 Å². The van der Waals surface area contributed by atoms with Crippen LogP contribution in [0.2, 0.25) is 0 Å². The molecule has 0 saturated heterocycles. The SMILES string of the molecule is CCCCCCc1ccc(/C=N/N=C/c2ccc(C3CCC(CC)CC3)cc2)cc1. The van der Waals surface area contributed by atoms with Crippen LogP contribution in [0.25, 0.3) is 0 Å². The van der Waals surface area contributed by atoms with Crippen LogP contribution in [0.5, 0.6) is 0 Å². The van der Waals surface area contributed by atoms with E-state index in [9.17, 15) is 0 Å². The smallest absolute Gasteiger partial charge is 0.0568 e. The van der Waals surface area contributed by atoms with E-state index in [1.165, 1.54) is 75.3 Å². The predicted octanol–water partition coefficient (Wildman–Crippen LogP) is 7.95. The minimum absolute atomic E-state index is 0.742. The number of unbranched alkanes of at least 4 members (excludes halogenated alkanes) is 3. The van der Waals surface area contributed by atoms with E-state index in [0.29, 0.717) is 0 Å². The summed E-state index contributed by atoms with van der Waals surface area (Å²) in [6.07, 6.45) is 16.9. The second kappa shape index (κ2) is 12.5. The molecule has 160 valence electrons. The van der Waals surface area contributed by atoms with Gasteiger partial charge in [0.1, 0.15) is 0 Å². The molecule has 2 heteroatoms. The van der Waals surface area contributed by atoms with Gasteiger partial charge in [0.2, 0.25) is 0 Å². The average Bonchev–Trinajstić information content (AvgIpc) is 2.81. The zero-order valence-electron chi connectivity index (χ0n) is 18.9. The summed E-state index contributed by atoms with van der Waals surface area (Å²) in [6, 6.07) is 17.6. The van der Waals surface area contributed by atoms with Gasteiger partial charge in [-0.1, -0.05) is 88.1 Å². The summed E-state index contributed by atoms with van der Waals surface area (Å²) in [5, 5.41) is 8.46. The summed E-state index contributed by atoms with van der Waals surface area (Å²) in [5.74, 6) is 1.69. The molecule has 0 spiro atoms. The summed E-state index contributed by atoms with van der Waals surface area (Å²) < 4.78 is 0. The Morgan fingerprint density at radius 3 is 1.90 bits per heavy atom. The fourth-order valence-electron chi connectivity index (χ4n) is 4.48. The van der Waals surface area contributed by atoms with E-state index in [2.05, 4.69) is 72.6 Å². The standard InChI is InChI=1S/C28H38N2/c1-3-5-6-7-8-24-9-11-25(12-10-24)21-29-30-22-26-15-19-28(20-16-26)27-17-13-23(4-2)14-18-27/h9-12,15-16,19-23,27H,3-8,13-14,17-18H2,1-2H3/b29-21+,30-22+. The Bertz CT molecular complexity index is 778. The molecule has 0 aromatic heterocycles. The summed E-state index contributed by atoms with van der Waals surface area (Å²) in [5.41, 5.74) is 5.11. The van der Waals surface area contributed by atoms with Crippen LogP contribution in [0.1, 0.15) is 99.8 Å². The van der Waals surface area contributed by atoms with E-state index < -0.39 is 0 Å². The molecule has 1 saturated carbocycles. The first-order chi connectivity index (χ1) is 14.8. The number of rotatable bonds is 10. The lowest BCUT2D eigenvalue weighted by Gasteiger charge is -2.28. The van der Waals surface area contributed by atoms with E-state index in [-0.39, 0.29) is 0 Å². The molecule has 30 heavy (non-hydrogen) atoms. The van der Waals surface area contributed by atoms with Crippen LogP contribution in [0.15, 0.2) is 58.7 Å². The van der Waals surface area contributed by atoms with Crippen molar-refractivity contribution < 1.29 is 0 Å². The predicted molar refractivity (Wildman–Crippen MR) is 131 cm³/mol. The molecule has 0 atom stereocenters. The van der Waals surface area contributed by atoms with E-state index in [1.807, 2.05) is 12.4 Å². The molecule has 0 amide bonds. The normalized spacial score (nSPS) is 19.7. The summed E-state index contributed by atoms with van der Waals surface area (Å²) >= 11 is 0. The molecule has 1 aliphatic carbocycles. The first-order valence-corrected chi connectivity index (χ1v) is 12.0. The first-order valence-electron chi connectivity index (χ1n) is 12.0. The average molecular weight is 403 g/mol. The topological polar surface area (TPSA) is 24.7 Å². The van der Waals surface area contributed by atoms with Gasteiger partial charge in [-0.05, 0) is 72.6 Å². The van der Waals surface area contributed by atoms with Crippen LogP contribution in [-0.4, -0.2) is 12.4 Å². The Labute approximate surface area is 183 Å². The van der Waals surface area contributed by atoms with Gasteiger partial charge in [0.15, 0.2) is 0 Å². The van der Waals surface area contributed by atoms with Crippen LogP contribution in [-0.2, 0) is 6.42 Å². The molecular formula is C28H38N2. The number of benzene rings is 2. The van der Waals surface area contributed by atoms with Crippen LogP contribution in [0, 0.1) is 5.92 Å². The van der Waals surface area contributed by atoms with Gasteiger partial charge in [-0.2, -0.15) is 10.2 Å². The van der Waals surface area contributed by atoms with Crippen molar-refractivity contribution >= 4 is 12.4 Å². The highest BCUT2D eigenvalue weighted by atomic mass is 15.2. The van der Waals surface area contributed by atoms with Crippen molar-refractivity contribution in [3.05, 3.63) is 70.8 Å². The first kappa shape index (κ1) is 22.5. The summed E-state index contributed by atoms with van der Waals surface area (Å²) in [6.45, 7) is 4.58. The molecule has 0 radical (unpaired) electrons. The number of hydrogen-bond acceptors (Lipinski definition) is 2. The Hall–Kier alpha value is -2.22. The minimum Gasteiger partial charge on any atom is -0.159 e. The molecule has 1 aliphatic rings. The highest BCUT2D eigenvalue weighted by Gasteiger charge is 2.20. The van der Waals surface area contributed by atoms with E-state index in [1.54, 1.807) is 0 Å². The molecule has 0 aliphatic heterocycles. The molecule has 2 aromatic carbocycles. The lowest BCUT2D eigenvalue weighted by Crippen LogP contribution is -2.12. The molecule has 2 aromatic rings. The third-order valence-electron chi connectivity index (χ3n) is 6.61. The number of hydrogen-bond donors (Lipinski definition) is 0. The highest BCUT2D eigenvalue weighted by Crippen LogP contribution is 2.36. The van der Waals surface area contributed by atoms with E-state index >= 15 is 0 Å². The summed E-state index contributed by atoms with van der Waals surface area (Å²) in [7, 11) is 0. The molecule has 0 unspecified atom stereocenters. The van der Waals surface area contributed by atoms with Gasteiger partial charge >= 0.3 is 0 Å². The van der Waals surface area contributed by atoms with Gasteiger partial charge in [-0.3, -0.25) is 0 Å². The Balaban J connectivity index is 1.45. The largest absolute Gasteiger partial charge is 0.159 e. The van der Waals surface area contributed by atoms with Crippen molar-refractivity contribution in [3.63, 3.8) is 0 Å². The molecule has 2 nitrogen and oxygen atoms in total. The molecule has 0 bridgehead atoms. The second-order valence-corrected chi connectivity index (χ2v) is 8.83. The third kappa shape index (κ3) is 7.23. The van der Waals surface area contributed by atoms with Crippen molar-refractivity contribution in [2.75, 3.05) is 0 Å². The van der Waals surface area contributed by atoms with Crippen LogP contribution < -0.4 is 0 Å². The fourth-order valence-corrected chi connectivity index (χ4v) is 4.48. The number of nitrogens with zero attached hydrogens (tertiary/aromatic N) is 2. The van der Waals surface area contributed by atoms with Gasteiger partial charge in [-0.15, -0.1) is 0 Å². The maximum absolute atomic E-state index is 4.24. The van der Waals surface area contributed by atoms with Crippen LogP contribution in [0.3, 0.4) is 0 Å². The number of aryl methyl sites for hydroxylation is 1. The van der Waals surface area contributed by atoms with Crippen molar-refractivity contribution in [1.29, 1.82) is 0 Å². The Morgan fingerprint density at radius 2 is 1.33 bits per heavy atom. The summed E-state index contributed by atoms with van der Waals surface area (Å²) in [4.78, 5) is 0. The zero-order valence-corrected chi connectivity index (χ0v) is 18.9. The van der Waals surface area contributed by atoms with Gasteiger partial charge in [0, 0.05) is 0 Å². The van der Waals surface area contributed by atoms with E-state index in [0.717, 1.165) is 23.0 Å². The van der Waals surface area contributed by atoms with Crippen LogP contribution >= 0.6 is 0 Å². The Kier molecular flexibility index (Phi) is 9.34. The van der Waals surface area contributed by atoms with Crippen LogP contribution in [0.4, 0.5) is 0 Å².